The number of hydrogen-bond donors (Lipinski definition) is 1. The van der Waals surface area contributed by atoms with E-state index >= 15 is 0 Å². The Morgan fingerprint density at radius 2 is 1.31 bits per heavy atom. The SMILES string of the molecule is CCCCCCCCCCCCCCCCC(O)CN(CCCCCC(=O)OC1CCC2(C)C(=CCC3C2CCC2(C)C(C(C)CCC(CC)C(C)C)CCC32)C1)CCCN(CC)CC. The van der Waals surface area contributed by atoms with Crippen molar-refractivity contribution in [3.05, 3.63) is 11.6 Å². The molecule has 3 fully saturated rings. The molecule has 0 amide bonds. The lowest BCUT2D eigenvalue weighted by molar-refractivity contribution is -0.151. The van der Waals surface area contributed by atoms with Gasteiger partial charge in [-0.25, -0.2) is 0 Å². The van der Waals surface area contributed by atoms with Crippen molar-refractivity contribution in [2.75, 3.05) is 39.3 Å². The predicted molar refractivity (Wildman–Crippen MR) is 280 cm³/mol. The Morgan fingerprint density at radius 1 is 0.692 bits per heavy atom. The highest BCUT2D eigenvalue weighted by atomic mass is 16.5. The molecule has 5 nitrogen and oxygen atoms in total. The molecule has 65 heavy (non-hydrogen) atoms. The molecular formula is C60H112N2O3. The molecule has 0 spiro atoms. The summed E-state index contributed by atoms with van der Waals surface area (Å²) in [6.45, 7) is 28.2. The third-order valence-electron chi connectivity index (χ3n) is 19.1. The van der Waals surface area contributed by atoms with Crippen LogP contribution in [0.1, 0.15) is 261 Å². The molecule has 4 rings (SSSR count). The molecule has 4 aliphatic carbocycles. The van der Waals surface area contributed by atoms with Crippen LogP contribution >= 0.6 is 0 Å². The van der Waals surface area contributed by atoms with Gasteiger partial charge >= 0.3 is 5.97 Å². The number of unbranched alkanes of at least 4 members (excludes halogenated alkanes) is 15. The van der Waals surface area contributed by atoms with Crippen LogP contribution in [0.25, 0.3) is 0 Å². The summed E-state index contributed by atoms with van der Waals surface area (Å²) in [6.07, 6.45) is 41.6. The second-order valence-corrected chi connectivity index (χ2v) is 23.8. The van der Waals surface area contributed by atoms with Gasteiger partial charge in [-0.2, -0.15) is 0 Å². The number of allylic oxidation sites excluding steroid dienone is 1. The second-order valence-electron chi connectivity index (χ2n) is 23.8. The smallest absolute Gasteiger partial charge is 0.306 e. The topological polar surface area (TPSA) is 53.0 Å². The van der Waals surface area contributed by atoms with Crippen LogP contribution in [0.15, 0.2) is 11.6 Å². The molecule has 0 saturated heterocycles. The Morgan fingerprint density at radius 3 is 1.94 bits per heavy atom. The Balaban J connectivity index is 1.13. The van der Waals surface area contributed by atoms with Crippen molar-refractivity contribution < 1.29 is 14.6 Å². The van der Waals surface area contributed by atoms with E-state index in [1.807, 2.05) is 0 Å². The fourth-order valence-corrected chi connectivity index (χ4v) is 14.7. The van der Waals surface area contributed by atoms with Gasteiger partial charge in [0.25, 0.3) is 0 Å². The number of carbonyl (C=O) groups excluding carboxylic acids is 1. The van der Waals surface area contributed by atoms with E-state index in [4.69, 9.17) is 4.74 Å². The number of carbonyl (C=O) groups is 1. The first kappa shape index (κ1) is 56.7. The van der Waals surface area contributed by atoms with E-state index in [9.17, 15) is 9.90 Å². The van der Waals surface area contributed by atoms with E-state index in [0.29, 0.717) is 17.3 Å². The van der Waals surface area contributed by atoms with E-state index in [0.717, 1.165) is 132 Å². The molecule has 5 heteroatoms. The van der Waals surface area contributed by atoms with Crippen molar-refractivity contribution in [2.45, 2.75) is 274 Å². The van der Waals surface area contributed by atoms with Crippen molar-refractivity contribution in [3.8, 4) is 0 Å². The van der Waals surface area contributed by atoms with Gasteiger partial charge in [0.1, 0.15) is 6.10 Å². The minimum absolute atomic E-state index is 0.0192. The molecule has 380 valence electrons. The first-order valence-electron chi connectivity index (χ1n) is 29.4. The maximum atomic E-state index is 13.2. The molecule has 0 aliphatic heterocycles. The van der Waals surface area contributed by atoms with Gasteiger partial charge in [0.2, 0.25) is 0 Å². The lowest BCUT2D eigenvalue weighted by Crippen LogP contribution is -2.51. The normalized spacial score (nSPS) is 28.0. The highest BCUT2D eigenvalue weighted by molar-refractivity contribution is 5.69. The van der Waals surface area contributed by atoms with Gasteiger partial charge in [0.15, 0.2) is 0 Å². The number of ether oxygens (including phenoxy) is 1. The fraction of sp³-hybridized carbons (Fsp3) is 0.950. The van der Waals surface area contributed by atoms with Gasteiger partial charge in [-0.3, -0.25) is 4.79 Å². The van der Waals surface area contributed by atoms with Crippen molar-refractivity contribution in [1.82, 2.24) is 9.80 Å². The summed E-state index contributed by atoms with van der Waals surface area (Å²) in [6, 6.07) is 0. The number of rotatable bonds is 36. The zero-order chi connectivity index (χ0) is 47.1. The second kappa shape index (κ2) is 30.6. The third kappa shape index (κ3) is 18.1. The lowest BCUT2D eigenvalue weighted by atomic mass is 9.47. The molecule has 0 aromatic rings. The maximum Gasteiger partial charge on any atom is 0.306 e. The molecule has 0 bridgehead atoms. The van der Waals surface area contributed by atoms with Gasteiger partial charge in [0.05, 0.1) is 6.10 Å². The van der Waals surface area contributed by atoms with Crippen LogP contribution in [0.4, 0.5) is 0 Å². The largest absolute Gasteiger partial charge is 0.462 e. The van der Waals surface area contributed by atoms with Gasteiger partial charge in [-0.05, 0) is 162 Å². The highest BCUT2D eigenvalue weighted by Crippen LogP contribution is 2.67. The van der Waals surface area contributed by atoms with Gasteiger partial charge in [-0.1, -0.05) is 183 Å². The van der Waals surface area contributed by atoms with Crippen molar-refractivity contribution >= 4 is 5.97 Å². The minimum Gasteiger partial charge on any atom is -0.462 e. The molecule has 1 N–H and O–H groups in total. The minimum atomic E-state index is -0.237. The van der Waals surface area contributed by atoms with Gasteiger partial charge < -0.3 is 19.6 Å². The van der Waals surface area contributed by atoms with Crippen LogP contribution in [0.5, 0.6) is 0 Å². The number of aliphatic hydroxyl groups is 1. The average Bonchev–Trinajstić information content (AvgIpc) is 3.65. The van der Waals surface area contributed by atoms with Gasteiger partial charge in [-0.15, -0.1) is 0 Å². The Kier molecular flexibility index (Phi) is 26.7. The summed E-state index contributed by atoms with van der Waals surface area (Å²) in [7, 11) is 0. The van der Waals surface area contributed by atoms with E-state index in [-0.39, 0.29) is 18.2 Å². The molecule has 10 unspecified atom stereocenters. The highest BCUT2D eigenvalue weighted by Gasteiger charge is 2.59. The zero-order valence-electron chi connectivity index (χ0n) is 45.1. The molecule has 0 aromatic heterocycles. The summed E-state index contributed by atoms with van der Waals surface area (Å²) < 4.78 is 6.26. The van der Waals surface area contributed by atoms with Crippen LogP contribution in [0.2, 0.25) is 0 Å². The van der Waals surface area contributed by atoms with E-state index in [2.05, 4.69) is 78.2 Å². The Labute approximate surface area is 405 Å². The summed E-state index contributed by atoms with van der Waals surface area (Å²) >= 11 is 0. The van der Waals surface area contributed by atoms with E-state index in [1.165, 1.54) is 141 Å². The summed E-state index contributed by atoms with van der Waals surface area (Å²) in [4.78, 5) is 18.3. The summed E-state index contributed by atoms with van der Waals surface area (Å²) in [5.74, 6) is 5.98. The monoisotopic (exact) mass is 909 g/mol. The first-order chi connectivity index (χ1) is 31.4. The standard InChI is InChI=1S/C60H112N2O3/c1-10-14-15-16-17-18-19-20-21-22-23-24-25-27-31-52(63)47-62(45-30-44-61(12-3)13-4)43-29-26-28-32-58(64)65-53-39-41-59(8)51(46-53)35-36-54-56-38-37-55(60(56,9)42-40-57(54)59)49(7)33-34-50(11-2)48(5)6/h35,48-50,52-57,63H,10-34,36-47H2,1-9H3. The first-order valence-corrected chi connectivity index (χ1v) is 29.4. The van der Waals surface area contributed by atoms with Crippen molar-refractivity contribution in [3.63, 3.8) is 0 Å². The molecule has 4 aliphatic rings. The van der Waals surface area contributed by atoms with Crippen LogP contribution < -0.4 is 0 Å². The van der Waals surface area contributed by atoms with Gasteiger partial charge in [0, 0.05) is 19.4 Å². The molecule has 0 radical (unpaired) electrons. The predicted octanol–water partition coefficient (Wildman–Crippen LogP) is 16.4. The maximum absolute atomic E-state index is 13.2. The molecular weight excluding hydrogens is 797 g/mol. The third-order valence-corrected chi connectivity index (χ3v) is 19.1. The Hall–Kier alpha value is -0.910. The van der Waals surface area contributed by atoms with E-state index < -0.39 is 0 Å². The van der Waals surface area contributed by atoms with Crippen molar-refractivity contribution in [1.29, 1.82) is 0 Å². The summed E-state index contributed by atoms with van der Waals surface area (Å²) in [5.41, 5.74) is 2.44. The average molecular weight is 910 g/mol. The molecule has 10 atom stereocenters. The number of hydrogen-bond acceptors (Lipinski definition) is 5. The number of nitrogens with zero attached hydrogens (tertiary/aromatic N) is 2. The van der Waals surface area contributed by atoms with Crippen LogP contribution in [-0.4, -0.2) is 72.4 Å². The van der Waals surface area contributed by atoms with E-state index in [1.54, 1.807) is 5.57 Å². The summed E-state index contributed by atoms with van der Waals surface area (Å²) in [5, 5.41) is 11.1. The quantitative estimate of drug-likeness (QED) is 0.0386. The van der Waals surface area contributed by atoms with Crippen LogP contribution in [0.3, 0.4) is 0 Å². The number of esters is 1. The van der Waals surface area contributed by atoms with Crippen molar-refractivity contribution in [2.24, 2.45) is 52.3 Å². The van der Waals surface area contributed by atoms with Crippen LogP contribution in [-0.2, 0) is 9.53 Å². The number of aliphatic hydroxyl groups excluding tert-OH is 1. The Bertz CT molecular complexity index is 1290. The lowest BCUT2D eigenvalue weighted by Gasteiger charge is -2.58. The molecule has 0 heterocycles. The zero-order valence-corrected chi connectivity index (χ0v) is 45.1. The molecule has 0 aromatic carbocycles. The fourth-order valence-electron chi connectivity index (χ4n) is 14.7. The number of fused-ring (bicyclic) bond motifs is 5. The molecule has 3 saturated carbocycles. The van der Waals surface area contributed by atoms with Crippen LogP contribution in [0, 0.1) is 52.3 Å².